The summed E-state index contributed by atoms with van der Waals surface area (Å²) in [5.74, 6) is -1.37. The van der Waals surface area contributed by atoms with Gasteiger partial charge in [-0.15, -0.1) is 0 Å². The molecule has 3 aromatic rings. The fourth-order valence-corrected chi connectivity index (χ4v) is 4.07. The number of rotatable bonds is 4. The summed E-state index contributed by atoms with van der Waals surface area (Å²) in [4.78, 5) is 31.5. The molecule has 1 aromatic heterocycles. The Labute approximate surface area is 188 Å². The zero-order valence-corrected chi connectivity index (χ0v) is 17.4. The van der Waals surface area contributed by atoms with Crippen molar-refractivity contribution < 1.29 is 28.6 Å². The Morgan fingerprint density at radius 1 is 1.00 bits per heavy atom. The Kier molecular flexibility index (Phi) is 5.26. The highest BCUT2D eigenvalue weighted by molar-refractivity contribution is 6.46. The molecule has 2 aromatic carbocycles. The van der Waals surface area contributed by atoms with Gasteiger partial charge in [0.1, 0.15) is 24.8 Å². The van der Waals surface area contributed by atoms with Crippen molar-refractivity contribution in [2.75, 3.05) is 13.2 Å². The van der Waals surface area contributed by atoms with E-state index in [0.29, 0.717) is 35.8 Å². The molecule has 1 saturated heterocycles. The van der Waals surface area contributed by atoms with Gasteiger partial charge in [0.15, 0.2) is 11.5 Å². The van der Waals surface area contributed by atoms with E-state index in [2.05, 4.69) is 4.98 Å². The lowest BCUT2D eigenvalue weighted by Crippen LogP contribution is -2.29. The second kappa shape index (κ2) is 8.38. The molecule has 1 fully saturated rings. The fraction of sp³-hybridized carbons (Fsp3) is 0.160. The summed E-state index contributed by atoms with van der Waals surface area (Å²) in [6, 6.07) is 12.9. The number of likely N-dealkylation sites (tertiary alicyclic amines) is 1. The maximum Gasteiger partial charge on any atom is 0.295 e. The quantitative estimate of drug-likeness (QED) is 0.374. The number of aliphatic hydroxyl groups is 1. The van der Waals surface area contributed by atoms with Crippen LogP contribution >= 0.6 is 0 Å². The molecule has 8 heteroatoms. The average molecular weight is 446 g/mol. The van der Waals surface area contributed by atoms with Gasteiger partial charge in [0.2, 0.25) is 0 Å². The lowest BCUT2D eigenvalue weighted by atomic mass is 9.95. The first-order valence-corrected chi connectivity index (χ1v) is 10.4. The number of fused-ring (bicyclic) bond motifs is 1. The number of carbonyl (C=O) groups is 2. The van der Waals surface area contributed by atoms with Crippen LogP contribution in [0.2, 0.25) is 0 Å². The van der Waals surface area contributed by atoms with E-state index in [1.54, 1.807) is 42.7 Å². The highest BCUT2D eigenvalue weighted by Gasteiger charge is 2.46. The number of halogens is 1. The normalized spacial score (nSPS) is 19.1. The van der Waals surface area contributed by atoms with Crippen LogP contribution in [-0.2, 0) is 16.1 Å². The summed E-state index contributed by atoms with van der Waals surface area (Å²) in [5, 5.41) is 11.2. The Hall–Kier alpha value is -4.20. The SMILES string of the molecule is O=C1C(=O)N(Cc2ccncc2)C(c2ccc(F)cc2)/C1=C(/O)c1ccc2c(c1)OCCO2. The monoisotopic (exact) mass is 446 g/mol. The third-order valence-corrected chi connectivity index (χ3v) is 5.64. The Morgan fingerprint density at radius 2 is 1.70 bits per heavy atom. The standard InChI is InChI=1S/C25H19FN2O5/c26-18-4-1-16(2-5-18)22-21(23(29)17-3-6-19-20(13-17)33-12-11-32-19)24(30)25(31)28(22)14-15-7-9-27-10-8-15/h1-10,13,22,29H,11-12,14H2/b23-21-. The summed E-state index contributed by atoms with van der Waals surface area (Å²) >= 11 is 0. The molecule has 2 aliphatic heterocycles. The summed E-state index contributed by atoms with van der Waals surface area (Å²) in [5.41, 5.74) is 1.51. The zero-order valence-electron chi connectivity index (χ0n) is 17.4. The number of carbonyl (C=O) groups excluding carboxylic acids is 2. The molecule has 7 nitrogen and oxygen atoms in total. The summed E-state index contributed by atoms with van der Waals surface area (Å²) in [6.07, 6.45) is 3.18. The third-order valence-electron chi connectivity index (χ3n) is 5.64. The molecular formula is C25H19FN2O5. The molecule has 1 unspecified atom stereocenters. The topological polar surface area (TPSA) is 89.0 Å². The molecule has 166 valence electrons. The van der Waals surface area contributed by atoms with Crippen molar-refractivity contribution in [3.05, 3.63) is 95.1 Å². The van der Waals surface area contributed by atoms with E-state index in [-0.39, 0.29) is 17.9 Å². The number of aliphatic hydroxyl groups excluding tert-OH is 1. The van der Waals surface area contributed by atoms with Crippen molar-refractivity contribution in [1.29, 1.82) is 0 Å². The Balaban J connectivity index is 1.63. The second-order valence-electron chi connectivity index (χ2n) is 7.69. The Morgan fingerprint density at radius 3 is 2.42 bits per heavy atom. The first kappa shape index (κ1) is 20.7. The number of amides is 1. The number of ether oxygens (including phenoxy) is 2. The van der Waals surface area contributed by atoms with Gasteiger partial charge >= 0.3 is 0 Å². The largest absolute Gasteiger partial charge is 0.507 e. The molecule has 5 rings (SSSR count). The van der Waals surface area contributed by atoms with Gasteiger partial charge in [0, 0.05) is 24.5 Å². The van der Waals surface area contributed by atoms with E-state index in [1.807, 2.05) is 0 Å². The number of benzene rings is 2. The predicted octanol–water partition coefficient (Wildman–Crippen LogP) is 3.61. The van der Waals surface area contributed by atoms with Gasteiger partial charge in [-0.2, -0.15) is 0 Å². The average Bonchev–Trinajstić information content (AvgIpc) is 3.09. The number of ketones is 1. The molecule has 1 amide bonds. The smallest absolute Gasteiger partial charge is 0.295 e. The maximum absolute atomic E-state index is 13.6. The van der Waals surface area contributed by atoms with Crippen LogP contribution in [0.3, 0.4) is 0 Å². The number of hydrogen-bond donors (Lipinski definition) is 1. The van der Waals surface area contributed by atoms with Gasteiger partial charge in [-0.05, 0) is 53.6 Å². The van der Waals surface area contributed by atoms with E-state index in [0.717, 1.165) is 5.56 Å². The number of hydrogen-bond acceptors (Lipinski definition) is 6. The van der Waals surface area contributed by atoms with Crippen LogP contribution in [0.15, 0.2) is 72.6 Å². The van der Waals surface area contributed by atoms with E-state index in [4.69, 9.17) is 9.47 Å². The molecule has 1 atom stereocenters. The highest BCUT2D eigenvalue weighted by Crippen LogP contribution is 2.41. The molecule has 0 aliphatic carbocycles. The molecule has 3 heterocycles. The summed E-state index contributed by atoms with van der Waals surface area (Å²) < 4.78 is 24.7. The van der Waals surface area contributed by atoms with E-state index < -0.39 is 23.5 Å². The van der Waals surface area contributed by atoms with Crippen LogP contribution in [0, 0.1) is 5.82 Å². The number of Topliss-reactive ketones (excluding diaryl/α,β-unsaturated/α-hetero) is 1. The van der Waals surface area contributed by atoms with Crippen LogP contribution in [0.25, 0.3) is 5.76 Å². The minimum Gasteiger partial charge on any atom is -0.507 e. The van der Waals surface area contributed by atoms with Crippen molar-refractivity contribution in [3.63, 3.8) is 0 Å². The molecule has 1 N–H and O–H groups in total. The van der Waals surface area contributed by atoms with Crippen LogP contribution < -0.4 is 9.47 Å². The highest BCUT2D eigenvalue weighted by atomic mass is 19.1. The zero-order chi connectivity index (χ0) is 22.9. The molecule has 0 spiro atoms. The first-order valence-electron chi connectivity index (χ1n) is 10.4. The molecule has 0 radical (unpaired) electrons. The minimum atomic E-state index is -0.896. The molecule has 2 aliphatic rings. The van der Waals surface area contributed by atoms with E-state index >= 15 is 0 Å². The van der Waals surface area contributed by atoms with Crippen LogP contribution in [0.1, 0.15) is 22.7 Å². The van der Waals surface area contributed by atoms with Crippen molar-refractivity contribution in [3.8, 4) is 11.5 Å². The molecule has 0 bridgehead atoms. The van der Waals surface area contributed by atoms with Crippen molar-refractivity contribution in [1.82, 2.24) is 9.88 Å². The van der Waals surface area contributed by atoms with Gasteiger partial charge in [0.25, 0.3) is 11.7 Å². The predicted molar refractivity (Wildman–Crippen MR) is 116 cm³/mol. The first-order chi connectivity index (χ1) is 16.0. The van der Waals surface area contributed by atoms with Gasteiger partial charge in [-0.3, -0.25) is 14.6 Å². The minimum absolute atomic E-state index is 0.0719. The summed E-state index contributed by atoms with van der Waals surface area (Å²) in [6.45, 7) is 0.902. The van der Waals surface area contributed by atoms with Crippen LogP contribution in [0.4, 0.5) is 4.39 Å². The van der Waals surface area contributed by atoms with Crippen LogP contribution in [-0.4, -0.2) is 39.9 Å². The molecule has 0 saturated carbocycles. The van der Waals surface area contributed by atoms with Crippen molar-refractivity contribution in [2.45, 2.75) is 12.6 Å². The molecule has 33 heavy (non-hydrogen) atoms. The lowest BCUT2D eigenvalue weighted by molar-refractivity contribution is -0.140. The lowest BCUT2D eigenvalue weighted by Gasteiger charge is -2.25. The van der Waals surface area contributed by atoms with Gasteiger partial charge < -0.3 is 19.5 Å². The van der Waals surface area contributed by atoms with E-state index in [1.165, 1.54) is 29.2 Å². The third kappa shape index (κ3) is 3.80. The Bertz CT molecular complexity index is 1260. The van der Waals surface area contributed by atoms with Crippen molar-refractivity contribution in [2.24, 2.45) is 0 Å². The van der Waals surface area contributed by atoms with E-state index in [9.17, 15) is 19.1 Å². The van der Waals surface area contributed by atoms with Crippen LogP contribution in [0.5, 0.6) is 11.5 Å². The maximum atomic E-state index is 13.6. The van der Waals surface area contributed by atoms with Crippen molar-refractivity contribution >= 4 is 17.4 Å². The van der Waals surface area contributed by atoms with Gasteiger partial charge in [-0.25, -0.2) is 4.39 Å². The fourth-order valence-electron chi connectivity index (χ4n) is 4.07. The number of pyridine rings is 1. The van der Waals surface area contributed by atoms with Gasteiger partial charge in [0.05, 0.1) is 11.6 Å². The van der Waals surface area contributed by atoms with Gasteiger partial charge in [-0.1, -0.05) is 12.1 Å². The second-order valence-corrected chi connectivity index (χ2v) is 7.69. The number of nitrogens with zero attached hydrogens (tertiary/aromatic N) is 2. The number of aromatic nitrogens is 1. The summed E-state index contributed by atoms with van der Waals surface area (Å²) in [7, 11) is 0. The molecular weight excluding hydrogens is 427 g/mol.